The zero-order valence-corrected chi connectivity index (χ0v) is 34.8. The Hall–Kier alpha value is -9.12. The number of nitriles is 1. The topological polar surface area (TPSA) is 77.2 Å². The Morgan fingerprint density at radius 2 is 0.677 bits per heavy atom. The van der Waals surface area contributed by atoms with Gasteiger partial charge in [0.25, 0.3) is 0 Å². The Bertz CT molecular complexity index is 3740. The van der Waals surface area contributed by atoms with Crippen molar-refractivity contribution >= 4 is 65.4 Å². The molecule has 0 aliphatic heterocycles. The lowest BCUT2D eigenvalue weighted by Gasteiger charge is -2.13. The summed E-state index contributed by atoms with van der Waals surface area (Å²) in [5, 5.41) is 18.0. The molecule has 302 valence electrons. The van der Waals surface area contributed by atoms with Crippen molar-refractivity contribution in [2.75, 3.05) is 0 Å². The molecule has 7 nitrogen and oxygen atoms in total. The summed E-state index contributed by atoms with van der Waals surface area (Å²) in [7, 11) is 0. The largest absolute Gasteiger partial charge is 0.309 e. The van der Waals surface area contributed by atoms with Gasteiger partial charge < -0.3 is 13.7 Å². The van der Waals surface area contributed by atoms with Crippen molar-refractivity contribution < 1.29 is 0 Å². The molecule has 9 aromatic carbocycles. The van der Waals surface area contributed by atoms with E-state index in [-0.39, 0.29) is 0 Å². The average molecular weight is 830 g/mol. The highest BCUT2D eigenvalue weighted by atomic mass is 15.0. The summed E-state index contributed by atoms with van der Waals surface area (Å²) in [6.45, 7) is 0. The quantitative estimate of drug-likeness (QED) is 0.167. The number of nitrogens with zero attached hydrogens (tertiary/aromatic N) is 7. The minimum atomic E-state index is 0.495. The molecule has 0 fully saturated rings. The van der Waals surface area contributed by atoms with E-state index in [0.29, 0.717) is 23.0 Å². The highest BCUT2D eigenvalue weighted by Crippen LogP contribution is 2.40. The first-order chi connectivity index (χ1) is 32.2. The first-order valence-corrected chi connectivity index (χ1v) is 21.7. The smallest absolute Gasteiger partial charge is 0.164 e. The van der Waals surface area contributed by atoms with Crippen LogP contribution < -0.4 is 0 Å². The Kier molecular flexibility index (Phi) is 8.14. The molecule has 13 rings (SSSR count). The van der Waals surface area contributed by atoms with Crippen molar-refractivity contribution in [2.45, 2.75) is 0 Å². The van der Waals surface area contributed by atoms with E-state index in [1.54, 1.807) is 0 Å². The van der Waals surface area contributed by atoms with Crippen molar-refractivity contribution in [3.8, 4) is 57.3 Å². The fourth-order valence-electron chi connectivity index (χ4n) is 9.84. The molecule has 4 aromatic heterocycles. The molecule has 0 amide bonds. The molecule has 0 atom stereocenters. The maximum Gasteiger partial charge on any atom is 0.164 e. The summed E-state index contributed by atoms with van der Waals surface area (Å²) in [4.78, 5) is 14.8. The molecule has 0 unspecified atom stereocenters. The molecular formula is C58H35N7. The van der Waals surface area contributed by atoms with Gasteiger partial charge in [-0.25, -0.2) is 15.0 Å². The lowest BCUT2D eigenvalue weighted by Crippen LogP contribution is -2.02. The van der Waals surface area contributed by atoms with Crippen LogP contribution in [0.1, 0.15) is 5.56 Å². The number of rotatable bonds is 6. The Morgan fingerprint density at radius 1 is 0.308 bits per heavy atom. The zero-order chi connectivity index (χ0) is 43.0. The SMILES string of the molecule is N#Cc1cc(-c2nc(-c3ccccc3)nc(-c3ccccc3)n2)ccc1-n1c2ccc(-n3c4ccccc4c4ccccc43)cc2c2cc(-n3c4ccccc4c4ccccc43)ccc21. The van der Waals surface area contributed by atoms with Crippen molar-refractivity contribution in [3.63, 3.8) is 0 Å². The minimum absolute atomic E-state index is 0.495. The van der Waals surface area contributed by atoms with Crippen molar-refractivity contribution in [2.24, 2.45) is 0 Å². The maximum absolute atomic E-state index is 11.0. The number of para-hydroxylation sites is 4. The van der Waals surface area contributed by atoms with E-state index in [2.05, 4.69) is 153 Å². The second-order valence-corrected chi connectivity index (χ2v) is 16.4. The lowest BCUT2D eigenvalue weighted by molar-refractivity contribution is 1.07. The van der Waals surface area contributed by atoms with Gasteiger partial charge in [-0.2, -0.15) is 5.26 Å². The van der Waals surface area contributed by atoms with Gasteiger partial charge in [-0.05, 0) is 78.9 Å². The van der Waals surface area contributed by atoms with Gasteiger partial charge in [-0.3, -0.25) is 0 Å². The molecule has 0 saturated heterocycles. The van der Waals surface area contributed by atoms with Crippen LogP contribution in [-0.2, 0) is 0 Å². The highest BCUT2D eigenvalue weighted by molar-refractivity contribution is 6.14. The Morgan fingerprint density at radius 3 is 1.09 bits per heavy atom. The van der Waals surface area contributed by atoms with E-state index in [1.807, 2.05) is 78.9 Å². The molecule has 0 N–H and O–H groups in total. The normalized spacial score (nSPS) is 11.7. The predicted octanol–water partition coefficient (Wildman–Crippen LogP) is 14.0. The fraction of sp³-hybridized carbons (Fsp3) is 0. The van der Waals surface area contributed by atoms with E-state index < -0.39 is 0 Å². The Balaban J connectivity index is 1.05. The molecule has 13 aromatic rings. The highest BCUT2D eigenvalue weighted by Gasteiger charge is 2.21. The number of benzene rings is 9. The number of aromatic nitrogens is 6. The first-order valence-electron chi connectivity index (χ1n) is 21.7. The van der Waals surface area contributed by atoms with Crippen LogP contribution in [0.5, 0.6) is 0 Å². The van der Waals surface area contributed by atoms with Crippen LogP contribution in [0.3, 0.4) is 0 Å². The van der Waals surface area contributed by atoms with Crippen LogP contribution in [0.15, 0.2) is 212 Å². The third kappa shape index (κ3) is 5.71. The van der Waals surface area contributed by atoms with Gasteiger partial charge in [0.1, 0.15) is 6.07 Å². The van der Waals surface area contributed by atoms with Gasteiger partial charge in [0, 0.05) is 60.4 Å². The average Bonchev–Trinajstić information content (AvgIpc) is 4.02. The molecule has 4 heterocycles. The lowest BCUT2D eigenvalue weighted by atomic mass is 10.1. The van der Waals surface area contributed by atoms with E-state index >= 15 is 0 Å². The van der Waals surface area contributed by atoms with Gasteiger partial charge in [-0.1, -0.05) is 133 Å². The summed E-state index contributed by atoms with van der Waals surface area (Å²) < 4.78 is 6.96. The standard InChI is InChI=1S/C58H35N7/c59-36-40-33-39(58-61-56(37-15-3-1-4-16-37)60-57(62-58)38-17-5-2-6-18-38)27-30-49(40)65-54-31-28-41(63-50-23-11-7-19-43(50)44-20-8-12-24-51(44)63)34-47(54)48-35-42(29-32-55(48)65)64-52-25-13-9-21-45(52)46-22-10-14-26-53(46)64/h1-35H. The molecule has 0 radical (unpaired) electrons. The van der Waals surface area contributed by atoms with Crippen LogP contribution in [-0.4, -0.2) is 28.7 Å². The van der Waals surface area contributed by atoms with E-state index in [9.17, 15) is 5.26 Å². The molecular weight excluding hydrogens is 795 g/mol. The Labute approximate surface area is 373 Å². The van der Waals surface area contributed by atoms with Crippen molar-refractivity contribution in [3.05, 3.63) is 218 Å². The maximum atomic E-state index is 11.0. The number of fused-ring (bicyclic) bond motifs is 9. The minimum Gasteiger partial charge on any atom is -0.309 e. The monoisotopic (exact) mass is 829 g/mol. The van der Waals surface area contributed by atoms with Gasteiger partial charge in [0.15, 0.2) is 17.5 Å². The van der Waals surface area contributed by atoms with Crippen LogP contribution in [0.2, 0.25) is 0 Å². The van der Waals surface area contributed by atoms with Gasteiger partial charge in [0.2, 0.25) is 0 Å². The second kappa shape index (κ2) is 14.5. The third-order valence-corrected chi connectivity index (χ3v) is 12.7. The first kappa shape index (κ1) is 36.5. The van der Waals surface area contributed by atoms with Crippen LogP contribution in [0.4, 0.5) is 0 Å². The van der Waals surface area contributed by atoms with E-state index in [4.69, 9.17) is 15.0 Å². The molecule has 65 heavy (non-hydrogen) atoms. The molecule has 0 aliphatic carbocycles. The fourth-order valence-corrected chi connectivity index (χ4v) is 9.84. The molecule has 0 saturated carbocycles. The molecule has 7 heteroatoms. The van der Waals surface area contributed by atoms with Crippen LogP contribution in [0.25, 0.3) is 117 Å². The second-order valence-electron chi connectivity index (χ2n) is 16.4. The van der Waals surface area contributed by atoms with Gasteiger partial charge >= 0.3 is 0 Å². The predicted molar refractivity (Wildman–Crippen MR) is 264 cm³/mol. The van der Waals surface area contributed by atoms with Crippen molar-refractivity contribution in [1.82, 2.24) is 28.7 Å². The van der Waals surface area contributed by atoms with Crippen molar-refractivity contribution in [1.29, 1.82) is 5.26 Å². The van der Waals surface area contributed by atoms with Crippen LogP contribution in [0, 0.1) is 11.3 Å². The summed E-state index contributed by atoms with van der Waals surface area (Å²) in [5.41, 5.74) is 12.5. The van der Waals surface area contributed by atoms with Gasteiger partial charge in [0.05, 0.1) is 44.4 Å². The molecule has 0 spiro atoms. The summed E-state index contributed by atoms with van der Waals surface area (Å²) in [6.07, 6.45) is 0. The molecule has 0 bridgehead atoms. The summed E-state index contributed by atoms with van der Waals surface area (Å²) in [5.74, 6) is 1.63. The number of hydrogen-bond donors (Lipinski definition) is 0. The van der Waals surface area contributed by atoms with Gasteiger partial charge in [-0.15, -0.1) is 0 Å². The third-order valence-electron chi connectivity index (χ3n) is 12.7. The summed E-state index contributed by atoms with van der Waals surface area (Å²) >= 11 is 0. The van der Waals surface area contributed by atoms with E-state index in [1.165, 1.54) is 21.5 Å². The zero-order valence-electron chi connectivity index (χ0n) is 34.8. The van der Waals surface area contributed by atoms with Crippen LogP contribution >= 0.6 is 0 Å². The molecule has 0 aliphatic rings. The summed E-state index contributed by atoms with van der Waals surface area (Å²) in [6, 6.07) is 76.3. The number of hydrogen-bond acceptors (Lipinski definition) is 4. The van der Waals surface area contributed by atoms with E-state index in [0.717, 1.165) is 77.6 Å².